The maximum atomic E-state index is 11.4. The maximum absolute atomic E-state index is 11.4. The summed E-state index contributed by atoms with van der Waals surface area (Å²) in [5.41, 5.74) is 1.31. The molecule has 1 aromatic rings. The van der Waals surface area contributed by atoms with Gasteiger partial charge in [-0.2, -0.15) is 0 Å². The molecule has 19 heavy (non-hydrogen) atoms. The topological polar surface area (TPSA) is 88.5 Å². The number of carbonyl (C=O) groups excluding carboxylic acids is 1. The monoisotopic (exact) mass is 330 g/mol. The van der Waals surface area contributed by atoms with E-state index in [0.29, 0.717) is 17.1 Å². The number of alkyl halides is 1. The Balaban J connectivity index is 3.21. The van der Waals surface area contributed by atoms with Gasteiger partial charge in [-0.05, 0) is 26.8 Å². The van der Waals surface area contributed by atoms with E-state index in [-0.39, 0.29) is 17.0 Å². The lowest BCUT2D eigenvalue weighted by Gasteiger charge is -2.14. The Bertz CT molecular complexity index is 503. The highest BCUT2D eigenvalue weighted by atomic mass is 79.9. The van der Waals surface area contributed by atoms with Crippen molar-refractivity contribution < 1.29 is 19.4 Å². The first-order valence-corrected chi connectivity index (χ1v) is 6.61. The molecule has 6 nitrogen and oxygen atoms in total. The van der Waals surface area contributed by atoms with E-state index in [9.17, 15) is 9.59 Å². The normalized spacial score (nSPS) is 11.8. The lowest BCUT2D eigenvalue weighted by atomic mass is 10.1. The number of carboxylic acid groups (broad SMARTS) is 1. The fraction of sp³-hybridized carbons (Fsp3) is 0.417. The first-order valence-electron chi connectivity index (χ1n) is 5.69. The molecule has 0 radical (unpaired) electrons. The number of hydrogen-bond acceptors (Lipinski definition) is 4. The quantitative estimate of drug-likeness (QED) is 0.828. The van der Waals surface area contributed by atoms with Gasteiger partial charge in [0.05, 0.1) is 34.1 Å². The van der Waals surface area contributed by atoms with Gasteiger partial charge in [0.25, 0.3) is 0 Å². The zero-order chi connectivity index (χ0) is 14.6. The number of aromatic carboxylic acids is 1. The highest BCUT2D eigenvalue weighted by Gasteiger charge is 2.18. The maximum Gasteiger partial charge on any atom is 0.411 e. The summed E-state index contributed by atoms with van der Waals surface area (Å²) in [6.45, 7) is 5.36. The molecule has 0 saturated carbocycles. The molecule has 0 saturated heterocycles. The lowest BCUT2D eigenvalue weighted by Crippen LogP contribution is -2.17. The van der Waals surface area contributed by atoms with Crippen LogP contribution >= 0.6 is 15.9 Å². The molecule has 0 aliphatic carbocycles. The van der Waals surface area contributed by atoms with Gasteiger partial charge in [0.15, 0.2) is 0 Å². The van der Waals surface area contributed by atoms with Gasteiger partial charge in [-0.15, -0.1) is 0 Å². The van der Waals surface area contributed by atoms with E-state index < -0.39 is 12.1 Å². The molecular formula is C12H15BrN2O4. The summed E-state index contributed by atoms with van der Waals surface area (Å²) in [4.78, 5) is 26.6. The first-order chi connectivity index (χ1) is 8.86. The van der Waals surface area contributed by atoms with Crippen LogP contribution < -0.4 is 5.32 Å². The van der Waals surface area contributed by atoms with Gasteiger partial charge in [0.1, 0.15) is 0 Å². The molecule has 1 amide bonds. The number of anilines is 1. The van der Waals surface area contributed by atoms with E-state index in [2.05, 4.69) is 26.2 Å². The minimum Gasteiger partial charge on any atom is -0.478 e. The third-order valence-corrected chi connectivity index (χ3v) is 2.80. The van der Waals surface area contributed by atoms with Crippen LogP contribution in [0, 0.1) is 6.92 Å². The number of aromatic nitrogens is 1. The van der Waals surface area contributed by atoms with Gasteiger partial charge in [0, 0.05) is 0 Å². The number of nitrogens with one attached hydrogen (secondary N) is 1. The third-order valence-electron chi connectivity index (χ3n) is 2.36. The summed E-state index contributed by atoms with van der Waals surface area (Å²) in [5, 5.41) is 11.6. The molecule has 0 aromatic carbocycles. The zero-order valence-corrected chi connectivity index (χ0v) is 12.4. The number of rotatable bonds is 4. The standard InChI is InChI=1S/C12H15BrN2O4/c1-4-19-12(18)15-9-5-8(11(16)17)7(3)14-10(9)6(2)13/h5-6H,4H2,1-3H3,(H,15,18)(H,16,17). The average Bonchev–Trinajstić information content (AvgIpc) is 2.30. The molecule has 0 aliphatic rings. The van der Waals surface area contributed by atoms with E-state index in [0.717, 1.165) is 0 Å². The van der Waals surface area contributed by atoms with Crippen LogP contribution in [0.5, 0.6) is 0 Å². The van der Waals surface area contributed by atoms with Gasteiger partial charge in [-0.1, -0.05) is 15.9 Å². The summed E-state index contributed by atoms with van der Waals surface area (Å²) < 4.78 is 4.77. The molecular weight excluding hydrogens is 316 g/mol. The molecule has 104 valence electrons. The number of hydrogen-bond donors (Lipinski definition) is 2. The predicted molar refractivity (Wildman–Crippen MR) is 73.9 cm³/mol. The van der Waals surface area contributed by atoms with Gasteiger partial charge in [0.2, 0.25) is 0 Å². The second kappa shape index (κ2) is 6.51. The summed E-state index contributed by atoms with van der Waals surface area (Å²) in [6.07, 6.45) is -0.640. The van der Waals surface area contributed by atoms with Gasteiger partial charge in [-0.25, -0.2) is 9.59 Å². The summed E-state index contributed by atoms with van der Waals surface area (Å²) in [5.74, 6) is -1.09. The second-order valence-corrected chi connectivity index (χ2v) is 5.19. The van der Waals surface area contributed by atoms with Crippen molar-refractivity contribution >= 4 is 33.7 Å². The highest BCUT2D eigenvalue weighted by molar-refractivity contribution is 9.09. The number of ether oxygens (including phenoxy) is 1. The zero-order valence-electron chi connectivity index (χ0n) is 10.9. The van der Waals surface area contributed by atoms with Crippen molar-refractivity contribution in [3.63, 3.8) is 0 Å². The molecule has 0 spiro atoms. The largest absolute Gasteiger partial charge is 0.478 e. The molecule has 1 unspecified atom stereocenters. The molecule has 0 aliphatic heterocycles. The minimum atomic E-state index is -1.09. The highest BCUT2D eigenvalue weighted by Crippen LogP contribution is 2.29. The average molecular weight is 331 g/mol. The summed E-state index contributed by atoms with van der Waals surface area (Å²) in [6, 6.07) is 1.38. The van der Waals surface area contributed by atoms with Crippen LogP contribution in [0.1, 0.15) is 40.4 Å². The van der Waals surface area contributed by atoms with Crippen molar-refractivity contribution in [3.8, 4) is 0 Å². The number of halogens is 1. The number of amides is 1. The van der Waals surface area contributed by atoms with Crippen LogP contribution in [-0.2, 0) is 4.74 Å². The predicted octanol–water partition coefficient (Wildman–Crippen LogP) is 3.11. The van der Waals surface area contributed by atoms with Crippen LogP contribution in [0.3, 0.4) is 0 Å². The van der Waals surface area contributed by atoms with Crippen molar-refractivity contribution in [2.45, 2.75) is 25.6 Å². The molecule has 0 fully saturated rings. The Hall–Kier alpha value is -1.63. The van der Waals surface area contributed by atoms with Crippen molar-refractivity contribution in [2.24, 2.45) is 0 Å². The Kier molecular flexibility index (Phi) is 5.29. The number of pyridine rings is 1. The number of nitrogens with zero attached hydrogens (tertiary/aromatic N) is 1. The van der Waals surface area contributed by atoms with Crippen LogP contribution in [0.15, 0.2) is 6.07 Å². The van der Waals surface area contributed by atoms with E-state index in [1.54, 1.807) is 13.8 Å². The van der Waals surface area contributed by atoms with E-state index >= 15 is 0 Å². The molecule has 1 heterocycles. The Morgan fingerprint density at radius 1 is 1.58 bits per heavy atom. The lowest BCUT2D eigenvalue weighted by molar-refractivity contribution is 0.0695. The summed E-state index contributed by atoms with van der Waals surface area (Å²) >= 11 is 3.36. The fourth-order valence-corrected chi connectivity index (χ4v) is 1.87. The minimum absolute atomic E-state index is 0.0451. The van der Waals surface area contributed by atoms with Crippen molar-refractivity contribution in [1.82, 2.24) is 4.98 Å². The SMILES string of the molecule is CCOC(=O)Nc1cc(C(=O)O)c(C)nc1C(C)Br. The van der Waals surface area contributed by atoms with E-state index in [4.69, 9.17) is 9.84 Å². The van der Waals surface area contributed by atoms with Gasteiger partial charge in [-0.3, -0.25) is 10.3 Å². The first kappa shape index (κ1) is 15.4. The molecule has 7 heteroatoms. The Morgan fingerprint density at radius 3 is 2.68 bits per heavy atom. The molecule has 0 bridgehead atoms. The smallest absolute Gasteiger partial charge is 0.411 e. The van der Waals surface area contributed by atoms with Crippen molar-refractivity contribution in [3.05, 3.63) is 23.0 Å². The molecule has 2 N–H and O–H groups in total. The van der Waals surface area contributed by atoms with Gasteiger partial charge < -0.3 is 9.84 Å². The third kappa shape index (κ3) is 3.92. The second-order valence-electron chi connectivity index (χ2n) is 3.82. The van der Waals surface area contributed by atoms with Crippen molar-refractivity contribution in [1.29, 1.82) is 0 Å². The number of aryl methyl sites for hydroxylation is 1. The Labute approximate surface area is 119 Å². The van der Waals surface area contributed by atoms with E-state index in [1.165, 1.54) is 6.07 Å². The van der Waals surface area contributed by atoms with Crippen LogP contribution in [0.4, 0.5) is 10.5 Å². The van der Waals surface area contributed by atoms with Gasteiger partial charge >= 0.3 is 12.1 Å². The molecule has 1 aromatic heterocycles. The van der Waals surface area contributed by atoms with Crippen molar-refractivity contribution in [2.75, 3.05) is 11.9 Å². The number of carbonyl (C=O) groups is 2. The van der Waals surface area contributed by atoms with Crippen LogP contribution in [-0.4, -0.2) is 28.8 Å². The Morgan fingerprint density at radius 2 is 2.21 bits per heavy atom. The fourth-order valence-electron chi connectivity index (χ4n) is 1.52. The molecule has 1 atom stereocenters. The van der Waals surface area contributed by atoms with Crippen LogP contribution in [0.25, 0.3) is 0 Å². The van der Waals surface area contributed by atoms with E-state index in [1.807, 2.05) is 6.92 Å². The number of carboxylic acids is 1. The van der Waals surface area contributed by atoms with Crippen LogP contribution in [0.2, 0.25) is 0 Å². The summed E-state index contributed by atoms with van der Waals surface area (Å²) in [7, 11) is 0. The molecule has 1 rings (SSSR count).